The van der Waals surface area contributed by atoms with E-state index in [1.807, 2.05) is 12.2 Å². The lowest BCUT2D eigenvalue weighted by Crippen LogP contribution is -1.95. The van der Waals surface area contributed by atoms with Gasteiger partial charge in [0.15, 0.2) is 0 Å². The van der Waals surface area contributed by atoms with Gasteiger partial charge in [0.1, 0.15) is 6.61 Å². The van der Waals surface area contributed by atoms with Crippen molar-refractivity contribution in [3.05, 3.63) is 12.2 Å². The van der Waals surface area contributed by atoms with Gasteiger partial charge in [-0.2, -0.15) is 0 Å². The summed E-state index contributed by atoms with van der Waals surface area (Å²) in [7, 11) is 0. The highest BCUT2D eigenvalue weighted by Gasteiger charge is 1.73. The van der Waals surface area contributed by atoms with Crippen LogP contribution in [0, 0.1) is 0 Å². The average Bonchev–Trinajstić information content (AvgIpc) is 1.80. The first-order valence-electron chi connectivity index (χ1n) is 2.76. The Morgan fingerprint density at radius 1 is 1.67 bits per heavy atom. The van der Waals surface area contributed by atoms with Crippen LogP contribution in [0.25, 0.3) is 0 Å². The van der Waals surface area contributed by atoms with Gasteiger partial charge in [-0.15, -0.1) is 0 Å². The minimum Gasteiger partial charge on any atom is -0.509 e. The summed E-state index contributed by atoms with van der Waals surface area (Å²) in [5.74, 6) is 0. The monoisotopic (exact) mass is 161 g/mol. The molecule has 0 aromatic rings. The van der Waals surface area contributed by atoms with Crippen LogP contribution in [0.15, 0.2) is 12.2 Å². The number of ether oxygens (including phenoxy) is 1. The molecule has 0 N–H and O–H groups in total. The van der Waals surface area contributed by atoms with E-state index in [0.717, 1.165) is 6.42 Å². The molecule has 0 saturated carbocycles. The molecule has 0 rings (SSSR count). The summed E-state index contributed by atoms with van der Waals surface area (Å²) in [5.41, 5.74) is 0. The molecule has 3 heteroatoms. The molecular formula is C6H9OS2-. The Hall–Kier alpha value is -0.150. The first-order chi connectivity index (χ1) is 4.27. The molecule has 0 amide bonds. The maximum atomic E-state index is 4.80. The smallest absolute Gasteiger partial charge is 0.104 e. The van der Waals surface area contributed by atoms with E-state index in [-0.39, 0.29) is 4.38 Å². The number of thiocarbonyl (C=S) groups is 1. The van der Waals surface area contributed by atoms with Crippen LogP contribution in [-0.4, -0.2) is 11.0 Å². The molecule has 0 heterocycles. The third kappa shape index (κ3) is 7.85. The SMILES string of the molecule is CC/C=C/COC(=S)[S-]. The van der Waals surface area contributed by atoms with Gasteiger partial charge in [-0.1, -0.05) is 19.1 Å². The maximum absolute atomic E-state index is 4.80. The van der Waals surface area contributed by atoms with E-state index in [2.05, 4.69) is 31.8 Å². The zero-order valence-electron chi connectivity index (χ0n) is 5.29. The molecule has 9 heavy (non-hydrogen) atoms. The quantitative estimate of drug-likeness (QED) is 0.355. The Morgan fingerprint density at radius 2 is 2.33 bits per heavy atom. The van der Waals surface area contributed by atoms with Crippen molar-refractivity contribution in [2.45, 2.75) is 13.3 Å². The second-order valence-corrected chi connectivity index (χ2v) is 2.44. The highest BCUT2D eigenvalue weighted by Crippen LogP contribution is 1.82. The van der Waals surface area contributed by atoms with Crippen LogP contribution >= 0.6 is 12.2 Å². The Morgan fingerprint density at radius 3 is 2.78 bits per heavy atom. The van der Waals surface area contributed by atoms with Crippen LogP contribution in [0.5, 0.6) is 0 Å². The summed E-state index contributed by atoms with van der Waals surface area (Å²) in [6, 6.07) is 0. The van der Waals surface area contributed by atoms with Gasteiger partial charge in [0.05, 0.1) is 0 Å². The van der Waals surface area contributed by atoms with E-state index >= 15 is 0 Å². The van der Waals surface area contributed by atoms with E-state index in [1.54, 1.807) is 0 Å². The van der Waals surface area contributed by atoms with Crippen molar-refractivity contribution in [2.24, 2.45) is 0 Å². The predicted octanol–water partition coefficient (Wildman–Crippen LogP) is 1.80. The van der Waals surface area contributed by atoms with Crippen molar-refractivity contribution in [3.63, 3.8) is 0 Å². The van der Waals surface area contributed by atoms with Crippen LogP contribution in [0.4, 0.5) is 0 Å². The summed E-state index contributed by atoms with van der Waals surface area (Å²) in [6.07, 6.45) is 4.93. The molecule has 0 radical (unpaired) electrons. The molecule has 0 saturated heterocycles. The van der Waals surface area contributed by atoms with Crippen LogP contribution in [0.3, 0.4) is 0 Å². The lowest BCUT2D eigenvalue weighted by molar-refractivity contribution is 0.370. The van der Waals surface area contributed by atoms with Crippen molar-refractivity contribution >= 4 is 29.2 Å². The third-order valence-corrected chi connectivity index (χ3v) is 0.935. The molecule has 0 atom stereocenters. The average molecular weight is 161 g/mol. The fourth-order valence-corrected chi connectivity index (χ4v) is 0.487. The molecule has 0 unspecified atom stereocenters. The molecule has 0 aliphatic carbocycles. The summed E-state index contributed by atoms with van der Waals surface area (Å²) >= 11 is 9.01. The molecule has 0 spiro atoms. The Labute approximate surface area is 66.5 Å². The third-order valence-electron chi connectivity index (χ3n) is 0.700. The minimum atomic E-state index is 0.191. The molecule has 0 bridgehead atoms. The molecule has 0 aromatic heterocycles. The van der Waals surface area contributed by atoms with E-state index in [4.69, 9.17) is 4.74 Å². The zero-order valence-corrected chi connectivity index (χ0v) is 6.93. The summed E-state index contributed by atoms with van der Waals surface area (Å²) in [5, 5.41) is 0. The van der Waals surface area contributed by atoms with Gasteiger partial charge in [-0.25, -0.2) is 0 Å². The summed E-state index contributed by atoms with van der Waals surface area (Å²) in [6.45, 7) is 2.57. The molecule has 1 nitrogen and oxygen atoms in total. The van der Waals surface area contributed by atoms with Crippen molar-refractivity contribution in [2.75, 3.05) is 6.61 Å². The van der Waals surface area contributed by atoms with Gasteiger partial charge in [0, 0.05) is 4.38 Å². The minimum absolute atomic E-state index is 0.191. The second-order valence-electron chi connectivity index (χ2n) is 1.44. The molecular weight excluding hydrogens is 152 g/mol. The van der Waals surface area contributed by atoms with E-state index in [1.165, 1.54) is 0 Å². The van der Waals surface area contributed by atoms with Crippen LogP contribution in [-0.2, 0) is 17.4 Å². The fourth-order valence-electron chi connectivity index (χ4n) is 0.351. The Kier molecular flexibility index (Phi) is 5.88. The summed E-state index contributed by atoms with van der Waals surface area (Å²) in [4.78, 5) is 0. The fraction of sp³-hybridized carbons (Fsp3) is 0.500. The van der Waals surface area contributed by atoms with Gasteiger partial charge >= 0.3 is 0 Å². The van der Waals surface area contributed by atoms with Crippen molar-refractivity contribution in [3.8, 4) is 0 Å². The van der Waals surface area contributed by atoms with Gasteiger partial charge in [-0.05, 0) is 6.42 Å². The molecule has 0 aliphatic heterocycles. The number of hydrogen-bond donors (Lipinski definition) is 0. The molecule has 0 aliphatic rings. The first-order valence-corrected chi connectivity index (χ1v) is 3.57. The van der Waals surface area contributed by atoms with Crippen molar-refractivity contribution in [1.82, 2.24) is 0 Å². The van der Waals surface area contributed by atoms with Crippen LogP contribution in [0.2, 0.25) is 0 Å². The Bertz CT molecular complexity index is 110. The first kappa shape index (κ1) is 8.85. The largest absolute Gasteiger partial charge is 0.509 e. The van der Waals surface area contributed by atoms with E-state index in [0.29, 0.717) is 6.61 Å². The zero-order chi connectivity index (χ0) is 7.11. The van der Waals surface area contributed by atoms with Crippen molar-refractivity contribution < 1.29 is 4.74 Å². The molecule has 52 valence electrons. The lowest BCUT2D eigenvalue weighted by Gasteiger charge is -2.04. The normalized spacial score (nSPS) is 9.89. The maximum Gasteiger partial charge on any atom is 0.104 e. The van der Waals surface area contributed by atoms with Crippen LogP contribution < -0.4 is 0 Å². The van der Waals surface area contributed by atoms with Gasteiger partial charge in [-0.3, -0.25) is 0 Å². The predicted molar refractivity (Wildman–Crippen MR) is 45.3 cm³/mol. The number of allylic oxidation sites excluding steroid dienone is 1. The van der Waals surface area contributed by atoms with E-state index < -0.39 is 0 Å². The van der Waals surface area contributed by atoms with E-state index in [9.17, 15) is 0 Å². The number of rotatable bonds is 3. The highest BCUT2D eigenvalue weighted by atomic mass is 32.1. The van der Waals surface area contributed by atoms with Crippen LogP contribution in [0.1, 0.15) is 13.3 Å². The highest BCUT2D eigenvalue weighted by molar-refractivity contribution is 7.99. The standard InChI is InChI=1S/C6H10OS2/c1-2-3-4-5-7-6(8)9/h3-4H,2,5H2,1H3,(H,8,9)/p-1/b4-3+. The Balaban J connectivity index is 3.09. The van der Waals surface area contributed by atoms with Gasteiger partial charge in [0.25, 0.3) is 0 Å². The van der Waals surface area contributed by atoms with Gasteiger partial charge < -0.3 is 29.6 Å². The lowest BCUT2D eigenvalue weighted by atomic mass is 10.4. The van der Waals surface area contributed by atoms with Crippen molar-refractivity contribution in [1.29, 1.82) is 0 Å². The molecule has 0 fully saturated rings. The number of hydrogen-bond acceptors (Lipinski definition) is 3. The second kappa shape index (κ2) is 5.98. The summed E-state index contributed by atoms with van der Waals surface area (Å²) < 4.78 is 4.99. The molecule has 0 aromatic carbocycles. The van der Waals surface area contributed by atoms with Gasteiger partial charge in [0.2, 0.25) is 0 Å². The topological polar surface area (TPSA) is 9.23 Å².